The molecule has 0 fully saturated rings. The van der Waals surface area contributed by atoms with E-state index in [9.17, 15) is 9.59 Å². The first-order chi connectivity index (χ1) is 10.6. The van der Waals surface area contributed by atoms with Gasteiger partial charge in [0.05, 0.1) is 11.1 Å². The molecule has 3 aromatic rings. The largest absolute Gasteiger partial charge is 0.268 e. The average molecular weight is 310 g/mol. The van der Waals surface area contributed by atoms with Crippen LogP contribution in [0.5, 0.6) is 0 Å². The van der Waals surface area contributed by atoms with Crippen molar-refractivity contribution in [2.75, 3.05) is 4.90 Å². The van der Waals surface area contributed by atoms with Gasteiger partial charge in [-0.15, -0.1) is 0 Å². The maximum absolute atomic E-state index is 12.4. The summed E-state index contributed by atoms with van der Waals surface area (Å²) in [5, 5.41) is 1.09. The number of rotatable bonds is 1. The quantitative estimate of drug-likeness (QED) is 0.512. The van der Waals surface area contributed by atoms with E-state index in [0.29, 0.717) is 21.9 Å². The zero-order valence-corrected chi connectivity index (χ0v) is 11.9. The van der Waals surface area contributed by atoms with Crippen LogP contribution in [0.15, 0.2) is 48.5 Å². The Morgan fingerprint density at radius 1 is 0.818 bits per heavy atom. The number of carbonyl (C=O) groups excluding carboxylic acids is 2. The molecule has 1 aliphatic heterocycles. The number of benzene rings is 1. The fourth-order valence-electron chi connectivity index (χ4n) is 2.49. The Balaban J connectivity index is 1.86. The third kappa shape index (κ3) is 1.79. The Morgan fingerprint density at radius 2 is 1.45 bits per heavy atom. The van der Waals surface area contributed by atoms with E-state index in [0.717, 1.165) is 10.3 Å². The number of nitrogens with zero attached hydrogens (tertiary/aromatic N) is 3. The van der Waals surface area contributed by atoms with E-state index in [1.54, 1.807) is 48.5 Å². The number of hydrogen-bond acceptors (Lipinski definition) is 4. The molecule has 1 aromatic carbocycles. The van der Waals surface area contributed by atoms with Crippen molar-refractivity contribution in [3.8, 4) is 0 Å². The normalized spacial score (nSPS) is 13.8. The van der Waals surface area contributed by atoms with Crippen molar-refractivity contribution >= 4 is 40.3 Å². The lowest BCUT2D eigenvalue weighted by Gasteiger charge is -2.12. The van der Waals surface area contributed by atoms with Crippen LogP contribution in [0.4, 0.5) is 5.82 Å². The summed E-state index contributed by atoms with van der Waals surface area (Å²) in [5.41, 5.74) is 1.16. The standard InChI is InChI=1S/C16H8ClN3O2/c17-12-7-5-9-6-8-13(19-14(9)18-12)20-15(21)10-3-1-2-4-11(10)16(20)22/h1-8H. The van der Waals surface area contributed by atoms with Crippen LogP contribution >= 0.6 is 11.6 Å². The molecule has 0 saturated carbocycles. The third-order valence-corrected chi connectivity index (χ3v) is 3.74. The summed E-state index contributed by atoms with van der Waals surface area (Å²) in [4.78, 5) is 34.3. The predicted octanol–water partition coefficient (Wildman–Crippen LogP) is 3.08. The van der Waals surface area contributed by atoms with Crippen molar-refractivity contribution in [2.45, 2.75) is 0 Å². The smallest absolute Gasteiger partial charge is 0.267 e. The van der Waals surface area contributed by atoms with Gasteiger partial charge in [0.1, 0.15) is 11.0 Å². The summed E-state index contributed by atoms with van der Waals surface area (Å²) in [6, 6.07) is 13.5. The van der Waals surface area contributed by atoms with Gasteiger partial charge in [-0.3, -0.25) is 9.59 Å². The number of pyridine rings is 2. The number of aromatic nitrogens is 2. The van der Waals surface area contributed by atoms with Gasteiger partial charge < -0.3 is 0 Å². The van der Waals surface area contributed by atoms with Crippen LogP contribution in [-0.2, 0) is 0 Å². The van der Waals surface area contributed by atoms with Crippen LogP contribution in [0.3, 0.4) is 0 Å². The van der Waals surface area contributed by atoms with Crippen molar-refractivity contribution in [1.82, 2.24) is 9.97 Å². The number of fused-ring (bicyclic) bond motifs is 2. The second kappa shape index (κ2) is 4.61. The van der Waals surface area contributed by atoms with Gasteiger partial charge in [-0.1, -0.05) is 23.7 Å². The lowest BCUT2D eigenvalue weighted by atomic mass is 10.1. The van der Waals surface area contributed by atoms with E-state index < -0.39 is 0 Å². The topological polar surface area (TPSA) is 63.2 Å². The van der Waals surface area contributed by atoms with E-state index in [1.807, 2.05) is 0 Å². The SMILES string of the molecule is O=C1c2ccccc2C(=O)N1c1ccc2ccc(Cl)nc2n1. The van der Waals surface area contributed by atoms with E-state index in [-0.39, 0.29) is 17.6 Å². The Hall–Kier alpha value is -2.79. The van der Waals surface area contributed by atoms with Crippen LogP contribution in [0.2, 0.25) is 5.15 Å². The molecule has 0 radical (unpaired) electrons. The minimum Gasteiger partial charge on any atom is -0.268 e. The Bertz CT molecular complexity index is 920. The van der Waals surface area contributed by atoms with Gasteiger partial charge in [-0.05, 0) is 36.4 Å². The number of hydrogen-bond donors (Lipinski definition) is 0. The number of carbonyl (C=O) groups is 2. The predicted molar refractivity (Wildman–Crippen MR) is 82.1 cm³/mol. The molecule has 0 spiro atoms. The van der Waals surface area contributed by atoms with Crippen molar-refractivity contribution in [2.24, 2.45) is 0 Å². The van der Waals surface area contributed by atoms with Crippen LogP contribution in [0.1, 0.15) is 20.7 Å². The summed E-state index contributed by atoms with van der Waals surface area (Å²) < 4.78 is 0. The third-order valence-electron chi connectivity index (χ3n) is 3.53. The second-order valence-electron chi connectivity index (χ2n) is 4.84. The first kappa shape index (κ1) is 12.9. The highest BCUT2D eigenvalue weighted by atomic mass is 35.5. The molecule has 0 N–H and O–H groups in total. The molecule has 106 valence electrons. The Labute approximate surface area is 130 Å². The number of halogens is 1. The van der Waals surface area contributed by atoms with Crippen molar-refractivity contribution in [1.29, 1.82) is 0 Å². The van der Waals surface area contributed by atoms with Gasteiger partial charge in [-0.25, -0.2) is 14.9 Å². The van der Waals surface area contributed by atoms with E-state index in [2.05, 4.69) is 9.97 Å². The summed E-state index contributed by atoms with van der Waals surface area (Å²) >= 11 is 5.86. The molecule has 5 nitrogen and oxygen atoms in total. The maximum Gasteiger partial charge on any atom is 0.267 e. The fraction of sp³-hybridized carbons (Fsp3) is 0. The molecule has 0 unspecified atom stereocenters. The summed E-state index contributed by atoms with van der Waals surface area (Å²) in [6.07, 6.45) is 0. The minimum absolute atomic E-state index is 0.244. The molecule has 0 bridgehead atoms. The Morgan fingerprint density at radius 3 is 2.14 bits per heavy atom. The van der Waals surface area contributed by atoms with Crippen LogP contribution in [-0.4, -0.2) is 21.8 Å². The number of amides is 2. The van der Waals surface area contributed by atoms with Crippen LogP contribution < -0.4 is 4.90 Å². The van der Waals surface area contributed by atoms with Gasteiger partial charge in [0.25, 0.3) is 11.8 Å². The highest BCUT2D eigenvalue weighted by Crippen LogP contribution is 2.28. The first-order valence-electron chi connectivity index (χ1n) is 6.56. The number of imide groups is 1. The van der Waals surface area contributed by atoms with Crippen molar-refractivity contribution < 1.29 is 9.59 Å². The minimum atomic E-state index is -0.380. The highest BCUT2D eigenvalue weighted by molar-refractivity contribution is 6.34. The van der Waals surface area contributed by atoms with Gasteiger partial charge >= 0.3 is 0 Å². The molecule has 2 aromatic heterocycles. The monoisotopic (exact) mass is 309 g/mol. The number of anilines is 1. The Kier molecular flexibility index (Phi) is 2.71. The van der Waals surface area contributed by atoms with E-state index >= 15 is 0 Å². The molecule has 2 amide bonds. The molecule has 22 heavy (non-hydrogen) atoms. The van der Waals surface area contributed by atoms with Crippen LogP contribution in [0.25, 0.3) is 11.0 Å². The molecular weight excluding hydrogens is 302 g/mol. The zero-order valence-electron chi connectivity index (χ0n) is 11.2. The van der Waals surface area contributed by atoms with E-state index in [1.165, 1.54) is 0 Å². The van der Waals surface area contributed by atoms with E-state index in [4.69, 9.17) is 11.6 Å². The lowest BCUT2D eigenvalue weighted by Crippen LogP contribution is -2.30. The van der Waals surface area contributed by atoms with Crippen molar-refractivity contribution in [3.05, 3.63) is 64.8 Å². The maximum atomic E-state index is 12.4. The highest BCUT2D eigenvalue weighted by Gasteiger charge is 2.37. The molecule has 1 aliphatic rings. The summed E-state index contributed by atoms with van der Waals surface area (Å²) in [7, 11) is 0. The lowest BCUT2D eigenvalue weighted by molar-refractivity contribution is 0.0925. The fourth-order valence-corrected chi connectivity index (χ4v) is 2.63. The average Bonchev–Trinajstić information content (AvgIpc) is 2.79. The summed E-state index contributed by atoms with van der Waals surface area (Å²) in [5.74, 6) is -0.516. The molecule has 0 aliphatic carbocycles. The first-order valence-corrected chi connectivity index (χ1v) is 6.94. The van der Waals surface area contributed by atoms with Gasteiger partial charge in [0.15, 0.2) is 5.65 Å². The summed E-state index contributed by atoms with van der Waals surface area (Å²) in [6.45, 7) is 0. The van der Waals surface area contributed by atoms with Gasteiger partial charge in [0.2, 0.25) is 0 Å². The molecule has 3 heterocycles. The van der Waals surface area contributed by atoms with Gasteiger partial charge in [-0.2, -0.15) is 0 Å². The molecule has 0 atom stereocenters. The van der Waals surface area contributed by atoms with Crippen LogP contribution in [0, 0.1) is 0 Å². The molecular formula is C16H8ClN3O2. The zero-order chi connectivity index (χ0) is 15.3. The second-order valence-corrected chi connectivity index (χ2v) is 5.23. The molecule has 4 rings (SSSR count). The van der Waals surface area contributed by atoms with Crippen molar-refractivity contribution in [3.63, 3.8) is 0 Å². The molecule has 0 saturated heterocycles. The molecule has 6 heteroatoms. The van der Waals surface area contributed by atoms with Gasteiger partial charge in [0, 0.05) is 5.39 Å².